The number of anilines is 1. The third-order valence-electron chi connectivity index (χ3n) is 3.74. The Morgan fingerprint density at radius 3 is 2.78 bits per heavy atom. The van der Waals surface area contributed by atoms with Gasteiger partial charge in [0.2, 0.25) is 5.13 Å². The second-order valence-electron chi connectivity index (χ2n) is 5.66. The SMILES string of the molecule is CCCCNc1nnc(SCc2csc(-c3ccc(OC)c(OC)c3)n2)s1. The standard InChI is InChI=1S/C18H22N4O2S3/c1-4-5-8-19-17-21-22-18(27-17)26-11-13-10-25-16(20-13)12-6-7-14(23-2)15(9-12)24-3/h6-7,9-10H,4-5,8,11H2,1-3H3,(H,19,21). The maximum atomic E-state index is 5.38. The zero-order valence-corrected chi connectivity index (χ0v) is 18.0. The molecule has 0 radical (unpaired) electrons. The van der Waals surface area contributed by atoms with E-state index in [-0.39, 0.29) is 0 Å². The molecular formula is C18H22N4O2S3. The van der Waals surface area contributed by atoms with Crippen LogP contribution in [0.3, 0.4) is 0 Å². The minimum absolute atomic E-state index is 0.707. The van der Waals surface area contributed by atoms with Crippen molar-refractivity contribution in [3.05, 3.63) is 29.3 Å². The van der Waals surface area contributed by atoms with Crippen molar-refractivity contribution in [1.29, 1.82) is 0 Å². The van der Waals surface area contributed by atoms with Crippen molar-refractivity contribution in [1.82, 2.24) is 15.2 Å². The first kappa shape index (κ1) is 19.9. The highest BCUT2D eigenvalue weighted by atomic mass is 32.2. The molecule has 0 aliphatic heterocycles. The first-order chi connectivity index (χ1) is 13.2. The number of hydrogen-bond donors (Lipinski definition) is 1. The summed E-state index contributed by atoms with van der Waals surface area (Å²) in [5, 5.41) is 15.7. The summed E-state index contributed by atoms with van der Waals surface area (Å²) in [5.41, 5.74) is 2.05. The number of hydrogen-bond acceptors (Lipinski definition) is 9. The van der Waals surface area contributed by atoms with Crippen molar-refractivity contribution in [3.8, 4) is 22.1 Å². The molecule has 0 spiro atoms. The van der Waals surface area contributed by atoms with Crippen LogP contribution in [0.1, 0.15) is 25.5 Å². The lowest BCUT2D eigenvalue weighted by atomic mass is 10.2. The van der Waals surface area contributed by atoms with Gasteiger partial charge in [-0.15, -0.1) is 21.5 Å². The highest BCUT2D eigenvalue weighted by molar-refractivity contribution is 8.00. The molecule has 6 nitrogen and oxygen atoms in total. The average molecular weight is 423 g/mol. The Balaban J connectivity index is 1.60. The number of rotatable bonds is 10. The molecule has 2 heterocycles. The molecule has 1 N–H and O–H groups in total. The lowest BCUT2D eigenvalue weighted by molar-refractivity contribution is 0.355. The van der Waals surface area contributed by atoms with Gasteiger partial charge in [0, 0.05) is 23.2 Å². The highest BCUT2D eigenvalue weighted by Crippen LogP contribution is 2.35. The third kappa shape index (κ3) is 5.33. The molecule has 1 aromatic carbocycles. The predicted octanol–water partition coefficient (Wildman–Crippen LogP) is 5.18. The summed E-state index contributed by atoms with van der Waals surface area (Å²) in [6.07, 6.45) is 2.31. The van der Waals surface area contributed by atoms with E-state index in [2.05, 4.69) is 27.8 Å². The van der Waals surface area contributed by atoms with Crippen LogP contribution in [0.2, 0.25) is 0 Å². The average Bonchev–Trinajstić information content (AvgIpc) is 3.35. The Kier molecular flexibility index (Phi) is 7.31. The van der Waals surface area contributed by atoms with Crippen LogP contribution in [0.15, 0.2) is 27.9 Å². The quantitative estimate of drug-likeness (QED) is 0.356. The number of unbranched alkanes of at least 4 members (excludes halogenated alkanes) is 1. The predicted molar refractivity (Wildman–Crippen MR) is 114 cm³/mol. The summed E-state index contributed by atoms with van der Waals surface area (Å²) in [4.78, 5) is 4.74. The molecule has 0 saturated carbocycles. The topological polar surface area (TPSA) is 69.2 Å². The molecule has 0 fully saturated rings. The largest absolute Gasteiger partial charge is 0.493 e. The van der Waals surface area contributed by atoms with E-state index in [9.17, 15) is 0 Å². The Morgan fingerprint density at radius 2 is 2.00 bits per heavy atom. The van der Waals surface area contributed by atoms with Crippen LogP contribution < -0.4 is 14.8 Å². The number of thioether (sulfide) groups is 1. The second-order valence-corrected chi connectivity index (χ2v) is 8.71. The van der Waals surface area contributed by atoms with E-state index in [0.29, 0.717) is 11.5 Å². The van der Waals surface area contributed by atoms with E-state index < -0.39 is 0 Å². The van der Waals surface area contributed by atoms with Gasteiger partial charge in [0.1, 0.15) is 5.01 Å². The highest BCUT2D eigenvalue weighted by Gasteiger charge is 2.11. The molecule has 3 aromatic rings. The van der Waals surface area contributed by atoms with E-state index in [1.54, 1.807) is 48.7 Å². The molecule has 0 atom stereocenters. The fourth-order valence-corrected chi connectivity index (χ4v) is 4.91. The summed E-state index contributed by atoms with van der Waals surface area (Å²) in [7, 11) is 3.27. The molecule has 0 bridgehead atoms. The number of thiazole rings is 1. The normalized spacial score (nSPS) is 10.8. The van der Waals surface area contributed by atoms with E-state index in [1.807, 2.05) is 18.2 Å². The van der Waals surface area contributed by atoms with Crippen LogP contribution in [0, 0.1) is 0 Å². The van der Waals surface area contributed by atoms with Gasteiger partial charge in [-0.3, -0.25) is 0 Å². The zero-order valence-electron chi connectivity index (χ0n) is 15.5. The Labute approximate surface area is 171 Å². The van der Waals surface area contributed by atoms with Crippen LogP contribution in [0.5, 0.6) is 11.5 Å². The van der Waals surface area contributed by atoms with Crippen molar-refractivity contribution in [2.45, 2.75) is 29.9 Å². The van der Waals surface area contributed by atoms with Crippen molar-refractivity contribution in [3.63, 3.8) is 0 Å². The van der Waals surface area contributed by atoms with Gasteiger partial charge in [-0.1, -0.05) is 36.4 Å². The van der Waals surface area contributed by atoms with Crippen LogP contribution in [-0.4, -0.2) is 35.9 Å². The van der Waals surface area contributed by atoms with Gasteiger partial charge in [-0.25, -0.2) is 4.98 Å². The summed E-state index contributed by atoms with van der Waals surface area (Å²) in [5.74, 6) is 2.19. The van der Waals surface area contributed by atoms with Gasteiger partial charge in [-0.05, 0) is 24.6 Å². The first-order valence-electron chi connectivity index (χ1n) is 8.60. The molecule has 27 heavy (non-hydrogen) atoms. The van der Waals surface area contributed by atoms with Crippen LogP contribution in [-0.2, 0) is 5.75 Å². The van der Waals surface area contributed by atoms with Crippen molar-refractivity contribution >= 4 is 39.6 Å². The van der Waals surface area contributed by atoms with Gasteiger partial charge in [0.05, 0.1) is 19.9 Å². The van der Waals surface area contributed by atoms with Gasteiger partial charge < -0.3 is 14.8 Å². The fourth-order valence-electron chi connectivity index (χ4n) is 2.32. The number of nitrogens with zero attached hydrogens (tertiary/aromatic N) is 3. The van der Waals surface area contributed by atoms with Gasteiger partial charge in [0.25, 0.3) is 0 Å². The molecule has 0 unspecified atom stereocenters. The monoisotopic (exact) mass is 422 g/mol. The molecule has 0 aliphatic rings. The summed E-state index contributed by atoms with van der Waals surface area (Å²) in [6, 6.07) is 5.85. The molecular weight excluding hydrogens is 400 g/mol. The van der Waals surface area contributed by atoms with Gasteiger partial charge >= 0.3 is 0 Å². The zero-order chi connectivity index (χ0) is 19.1. The number of ether oxygens (including phenoxy) is 2. The smallest absolute Gasteiger partial charge is 0.206 e. The maximum absolute atomic E-state index is 5.38. The van der Waals surface area contributed by atoms with E-state index in [4.69, 9.17) is 14.5 Å². The van der Waals surface area contributed by atoms with Crippen LogP contribution in [0.4, 0.5) is 5.13 Å². The summed E-state index contributed by atoms with van der Waals surface area (Å²) < 4.78 is 11.6. The first-order valence-corrected chi connectivity index (χ1v) is 11.3. The minimum Gasteiger partial charge on any atom is -0.493 e. The second kappa shape index (κ2) is 9.91. The summed E-state index contributed by atoms with van der Waals surface area (Å²) >= 11 is 4.87. The molecule has 9 heteroatoms. The van der Waals surface area contributed by atoms with E-state index >= 15 is 0 Å². The Morgan fingerprint density at radius 1 is 1.15 bits per heavy atom. The van der Waals surface area contributed by atoms with Crippen LogP contribution in [0.25, 0.3) is 10.6 Å². The number of aromatic nitrogens is 3. The number of methoxy groups -OCH3 is 2. The lowest BCUT2D eigenvalue weighted by Crippen LogP contribution is -1.99. The number of benzene rings is 1. The fraction of sp³-hybridized carbons (Fsp3) is 0.389. The third-order valence-corrected chi connectivity index (χ3v) is 6.73. The summed E-state index contributed by atoms with van der Waals surface area (Å²) in [6.45, 7) is 3.11. The molecule has 144 valence electrons. The minimum atomic E-state index is 0.707. The van der Waals surface area contributed by atoms with E-state index in [0.717, 1.165) is 44.5 Å². The Hall–Kier alpha value is -1.84. The van der Waals surface area contributed by atoms with Crippen molar-refractivity contribution in [2.75, 3.05) is 26.1 Å². The molecule has 2 aromatic heterocycles. The van der Waals surface area contributed by atoms with Crippen molar-refractivity contribution in [2.24, 2.45) is 0 Å². The van der Waals surface area contributed by atoms with Crippen molar-refractivity contribution < 1.29 is 9.47 Å². The van der Waals surface area contributed by atoms with Gasteiger partial charge in [-0.2, -0.15) is 0 Å². The van der Waals surface area contributed by atoms with Crippen LogP contribution >= 0.6 is 34.4 Å². The maximum Gasteiger partial charge on any atom is 0.206 e. The van der Waals surface area contributed by atoms with Gasteiger partial charge in [0.15, 0.2) is 15.8 Å². The molecule has 0 amide bonds. The molecule has 0 aliphatic carbocycles. The lowest BCUT2D eigenvalue weighted by Gasteiger charge is -2.08. The molecule has 0 saturated heterocycles. The molecule has 3 rings (SSSR count). The number of nitrogens with one attached hydrogen (secondary N) is 1. The van der Waals surface area contributed by atoms with E-state index in [1.165, 1.54) is 6.42 Å². The Bertz CT molecular complexity index is 866.